The Morgan fingerprint density at radius 2 is 1.91 bits per heavy atom. The van der Waals surface area contributed by atoms with Gasteiger partial charge in [-0.05, 0) is 78.1 Å². The molecule has 0 aliphatic carbocycles. The maximum Gasteiger partial charge on any atom is 0.269 e. The van der Waals surface area contributed by atoms with Crippen LogP contribution in [0.5, 0.6) is 0 Å². The van der Waals surface area contributed by atoms with Crippen LogP contribution in [0.2, 0.25) is 0 Å². The molecular formula is C27H25N3O2. The lowest BCUT2D eigenvalue weighted by molar-refractivity contribution is -0.384. The van der Waals surface area contributed by atoms with Crippen molar-refractivity contribution in [1.29, 1.82) is 5.26 Å². The van der Waals surface area contributed by atoms with E-state index in [1.165, 1.54) is 34.6 Å². The topological polar surface area (TPSA) is 70.2 Å². The van der Waals surface area contributed by atoms with Crippen molar-refractivity contribution in [1.82, 2.24) is 0 Å². The molecule has 0 saturated heterocycles. The summed E-state index contributed by atoms with van der Waals surface area (Å²) in [5, 5.41) is 20.6. The Hall–Kier alpha value is -3.91. The molecule has 0 radical (unpaired) electrons. The molecule has 5 nitrogen and oxygen atoms in total. The van der Waals surface area contributed by atoms with Gasteiger partial charge in [0.1, 0.15) is 0 Å². The van der Waals surface area contributed by atoms with Crippen LogP contribution in [0.3, 0.4) is 0 Å². The summed E-state index contributed by atoms with van der Waals surface area (Å²) in [4.78, 5) is 12.9. The van der Waals surface area contributed by atoms with Crippen LogP contribution in [0, 0.1) is 28.4 Å². The van der Waals surface area contributed by atoms with E-state index < -0.39 is 4.92 Å². The Morgan fingerprint density at radius 1 is 1.16 bits per heavy atom. The third-order valence-corrected chi connectivity index (χ3v) is 6.23. The molecule has 1 aliphatic heterocycles. The van der Waals surface area contributed by atoms with Crippen LogP contribution in [-0.2, 0) is 0 Å². The lowest BCUT2D eigenvalue weighted by Crippen LogP contribution is -2.28. The van der Waals surface area contributed by atoms with Crippen LogP contribution in [0.4, 0.5) is 17.1 Å². The van der Waals surface area contributed by atoms with Crippen molar-refractivity contribution in [2.24, 2.45) is 0 Å². The third kappa shape index (κ3) is 3.88. The first-order valence-electron chi connectivity index (χ1n) is 10.8. The van der Waals surface area contributed by atoms with E-state index in [1.54, 1.807) is 12.1 Å². The van der Waals surface area contributed by atoms with Gasteiger partial charge in [0, 0.05) is 35.5 Å². The fourth-order valence-electron chi connectivity index (χ4n) is 4.61. The molecular weight excluding hydrogens is 398 g/mol. The number of hydrogen-bond acceptors (Lipinski definition) is 4. The second kappa shape index (κ2) is 8.68. The molecule has 4 rings (SSSR count). The highest BCUT2D eigenvalue weighted by Gasteiger charge is 2.35. The quantitative estimate of drug-likeness (QED) is 0.192. The van der Waals surface area contributed by atoms with Crippen LogP contribution >= 0.6 is 0 Å². The summed E-state index contributed by atoms with van der Waals surface area (Å²) in [7, 11) is 0. The molecule has 0 bridgehead atoms. The number of hydrogen-bond donors (Lipinski definition) is 0. The molecule has 160 valence electrons. The molecule has 5 heteroatoms. The molecule has 1 heterocycles. The number of benzene rings is 3. The van der Waals surface area contributed by atoms with E-state index in [0.29, 0.717) is 23.1 Å². The summed E-state index contributed by atoms with van der Waals surface area (Å²) in [5.41, 5.74) is 7.03. The standard InChI is InChI=1S/C27H25N3O2/c1-4-26-19(3)25-16-20(8-13-27(25)29(26)24-7-5-6-18(2)14-24)15-22(17-28)21-9-11-23(12-10-21)30(31)32/h5-16,19,26H,4H2,1-3H3/b22-15+. The average Bonchev–Trinajstić information content (AvgIpc) is 3.08. The lowest BCUT2D eigenvalue weighted by Gasteiger charge is -2.29. The number of non-ortho nitro benzene ring substituents is 1. The van der Waals surface area contributed by atoms with Gasteiger partial charge in [-0.25, -0.2) is 0 Å². The SMILES string of the molecule is CCC1C(C)c2cc(/C=C(\C#N)c3ccc([N+](=O)[O-])cc3)ccc2N1c1cccc(C)c1. The van der Waals surface area contributed by atoms with E-state index >= 15 is 0 Å². The minimum atomic E-state index is -0.439. The van der Waals surface area contributed by atoms with Gasteiger partial charge < -0.3 is 4.90 Å². The Morgan fingerprint density at radius 3 is 2.53 bits per heavy atom. The number of nitrogens with zero attached hydrogens (tertiary/aromatic N) is 3. The number of rotatable bonds is 5. The van der Waals surface area contributed by atoms with Crippen molar-refractivity contribution in [2.45, 2.75) is 39.2 Å². The van der Waals surface area contributed by atoms with Gasteiger partial charge in [-0.15, -0.1) is 0 Å². The summed E-state index contributed by atoms with van der Waals surface area (Å²) in [5.74, 6) is 0.355. The van der Waals surface area contributed by atoms with Crippen molar-refractivity contribution in [3.63, 3.8) is 0 Å². The van der Waals surface area contributed by atoms with Crippen LogP contribution in [0.1, 0.15) is 48.4 Å². The molecule has 3 aromatic rings. The Labute approximate surface area is 188 Å². The van der Waals surface area contributed by atoms with E-state index in [-0.39, 0.29) is 5.69 Å². The summed E-state index contributed by atoms with van der Waals surface area (Å²) >= 11 is 0. The zero-order valence-corrected chi connectivity index (χ0v) is 18.4. The van der Waals surface area contributed by atoms with Gasteiger partial charge in [0.2, 0.25) is 0 Å². The van der Waals surface area contributed by atoms with Crippen LogP contribution in [0.25, 0.3) is 11.6 Å². The first-order chi connectivity index (χ1) is 15.4. The molecule has 1 aliphatic rings. The zero-order valence-electron chi connectivity index (χ0n) is 18.4. The molecule has 2 unspecified atom stereocenters. The highest BCUT2D eigenvalue weighted by Crippen LogP contribution is 2.46. The highest BCUT2D eigenvalue weighted by atomic mass is 16.6. The smallest absolute Gasteiger partial charge is 0.269 e. The normalized spacial score (nSPS) is 17.7. The summed E-state index contributed by atoms with van der Waals surface area (Å²) in [6.45, 7) is 6.59. The number of aryl methyl sites for hydroxylation is 1. The summed E-state index contributed by atoms with van der Waals surface area (Å²) in [6.07, 6.45) is 2.88. The van der Waals surface area contributed by atoms with Crippen molar-refractivity contribution in [3.8, 4) is 6.07 Å². The second-order valence-electron chi connectivity index (χ2n) is 8.27. The van der Waals surface area contributed by atoms with Crippen molar-refractivity contribution in [2.75, 3.05) is 4.90 Å². The average molecular weight is 424 g/mol. The van der Waals surface area contributed by atoms with Crippen molar-refractivity contribution >= 4 is 28.7 Å². The van der Waals surface area contributed by atoms with Crippen molar-refractivity contribution in [3.05, 3.63) is 99.1 Å². The van der Waals surface area contributed by atoms with Gasteiger partial charge >= 0.3 is 0 Å². The Balaban J connectivity index is 1.72. The highest BCUT2D eigenvalue weighted by molar-refractivity contribution is 5.90. The van der Waals surface area contributed by atoms with E-state index in [2.05, 4.69) is 68.1 Å². The molecule has 3 aromatic carbocycles. The molecule has 32 heavy (non-hydrogen) atoms. The minimum absolute atomic E-state index is 0.0132. The first-order valence-corrected chi connectivity index (χ1v) is 10.8. The Bertz CT molecular complexity index is 1240. The fraction of sp³-hybridized carbons (Fsp3) is 0.222. The van der Waals surface area contributed by atoms with Gasteiger partial charge in [-0.1, -0.05) is 32.0 Å². The maximum atomic E-state index is 10.9. The number of nitro benzene ring substituents is 1. The number of allylic oxidation sites excluding steroid dienone is 1. The number of fused-ring (bicyclic) bond motifs is 1. The van der Waals surface area contributed by atoms with Gasteiger partial charge in [0.05, 0.1) is 16.6 Å². The monoisotopic (exact) mass is 423 g/mol. The molecule has 0 spiro atoms. The Kier molecular flexibility index (Phi) is 5.79. The van der Waals surface area contributed by atoms with Crippen LogP contribution in [-0.4, -0.2) is 11.0 Å². The van der Waals surface area contributed by atoms with Gasteiger partial charge in [0.15, 0.2) is 0 Å². The largest absolute Gasteiger partial charge is 0.338 e. The zero-order chi connectivity index (χ0) is 22.8. The molecule has 2 atom stereocenters. The second-order valence-corrected chi connectivity index (χ2v) is 8.27. The van der Waals surface area contributed by atoms with E-state index in [4.69, 9.17) is 0 Å². The van der Waals surface area contributed by atoms with Gasteiger partial charge in [-0.3, -0.25) is 10.1 Å². The molecule has 0 fully saturated rings. The number of nitriles is 1. The number of nitro groups is 1. The maximum absolute atomic E-state index is 10.9. The third-order valence-electron chi connectivity index (χ3n) is 6.23. The van der Waals surface area contributed by atoms with E-state index in [9.17, 15) is 15.4 Å². The molecule has 0 N–H and O–H groups in total. The molecule has 0 aromatic heterocycles. The lowest BCUT2D eigenvalue weighted by atomic mass is 9.93. The summed E-state index contributed by atoms with van der Waals surface area (Å²) in [6, 6.07) is 23.6. The number of anilines is 2. The predicted octanol–water partition coefficient (Wildman–Crippen LogP) is 7.00. The fourth-order valence-corrected chi connectivity index (χ4v) is 4.61. The molecule has 0 amide bonds. The first kappa shape index (κ1) is 21.3. The van der Waals surface area contributed by atoms with Crippen LogP contribution < -0.4 is 4.90 Å². The van der Waals surface area contributed by atoms with Crippen molar-refractivity contribution < 1.29 is 4.92 Å². The minimum Gasteiger partial charge on any atom is -0.338 e. The molecule has 0 saturated carbocycles. The van der Waals surface area contributed by atoms with E-state index in [0.717, 1.165) is 12.0 Å². The summed E-state index contributed by atoms with van der Waals surface area (Å²) < 4.78 is 0. The van der Waals surface area contributed by atoms with E-state index in [1.807, 2.05) is 12.1 Å². The van der Waals surface area contributed by atoms with Gasteiger partial charge in [-0.2, -0.15) is 5.26 Å². The van der Waals surface area contributed by atoms with Gasteiger partial charge in [0.25, 0.3) is 5.69 Å². The predicted molar refractivity (Wildman–Crippen MR) is 129 cm³/mol. The van der Waals surface area contributed by atoms with Crippen LogP contribution in [0.15, 0.2) is 66.7 Å².